The second-order valence-corrected chi connectivity index (χ2v) is 34.4. The SMILES string of the molecule is CO[C@H]1OC(CO)C(O[C@H]2OC(CNC(=S)NCCN(CCNC(=S)NCC3O[C@H](OC4C(CO)O[C@H](OC)C(O)[C@H]4O)C(O)[C@@H](O)C3C)CCNC(=S)NC(COCCCS[C@H]3OC(CO)[C@@H](O)[C@H](O)C3O)(COCCCS[C@H]3OC(CO)[C@@H](O)[C@H](O)C3O)COCCCS[C@@H]3OC(CO)[C@@H](O)[C@H](O)C3O)C(C)[C@H](O)C2O)[C@H](O)C1O. The molecule has 0 amide bonds. The zero-order valence-electron chi connectivity index (χ0n) is 65.3. The van der Waals surface area contributed by atoms with Gasteiger partial charge in [0.25, 0.3) is 0 Å². The largest absolute Gasteiger partial charge is 0.394 e. The van der Waals surface area contributed by atoms with Gasteiger partial charge in [-0.2, -0.15) is 0 Å². The van der Waals surface area contributed by atoms with E-state index in [0.29, 0.717) is 49.6 Å². The van der Waals surface area contributed by atoms with Crippen molar-refractivity contribution in [3.63, 3.8) is 0 Å². The molecule has 0 saturated carbocycles. The van der Waals surface area contributed by atoms with Gasteiger partial charge in [-0.25, -0.2) is 0 Å². The van der Waals surface area contributed by atoms with Crippen LogP contribution in [0.1, 0.15) is 33.1 Å². The molecule has 0 bridgehead atoms. The Labute approximate surface area is 706 Å². The number of methoxy groups -OCH3 is 2. The summed E-state index contributed by atoms with van der Waals surface area (Å²) in [6, 6.07) is 0. The van der Waals surface area contributed by atoms with Crippen molar-refractivity contribution < 1.29 is 179 Å². The van der Waals surface area contributed by atoms with Crippen LogP contribution in [-0.2, 0) is 66.3 Å². The first-order valence-corrected chi connectivity index (χ1v) is 43.2. The first-order chi connectivity index (χ1) is 55.8. The van der Waals surface area contributed by atoms with Gasteiger partial charge in [0.05, 0.1) is 77.3 Å². The topological polar surface area (TPSA) is 650 Å². The molecule has 7 heterocycles. The quantitative estimate of drug-likeness (QED) is 0.0199. The molecule has 43 nitrogen and oxygen atoms in total. The van der Waals surface area contributed by atoms with Crippen LogP contribution >= 0.6 is 71.9 Å². The number of nitrogens with zero attached hydrogens (tertiary/aromatic N) is 1. The molecule has 35 atom stereocenters. The lowest BCUT2D eigenvalue weighted by atomic mass is 9.90. The molecule has 7 rings (SSSR count). The van der Waals surface area contributed by atoms with Crippen molar-refractivity contribution in [2.45, 2.75) is 239 Å². The van der Waals surface area contributed by atoms with Crippen molar-refractivity contribution in [1.82, 2.24) is 36.8 Å². The van der Waals surface area contributed by atoms with Gasteiger partial charge in [0, 0.05) is 98.2 Å². The summed E-state index contributed by atoms with van der Waals surface area (Å²) in [5.41, 5.74) is -4.31. The zero-order chi connectivity index (χ0) is 86.0. The van der Waals surface area contributed by atoms with E-state index in [1.807, 2.05) is 4.90 Å². The van der Waals surface area contributed by atoms with Crippen molar-refractivity contribution in [2.24, 2.45) is 11.8 Å². The molecule has 7 fully saturated rings. The maximum atomic E-state index is 11.2. The number of aliphatic hydroxyl groups excluding tert-OH is 22. The second kappa shape index (κ2) is 51.4. The molecule has 18 unspecified atom stereocenters. The van der Waals surface area contributed by atoms with Gasteiger partial charge in [0.15, 0.2) is 40.5 Å². The van der Waals surface area contributed by atoms with Crippen LogP contribution < -0.4 is 31.9 Å². The third-order valence-corrected chi connectivity index (χ3v) is 25.6. The van der Waals surface area contributed by atoms with E-state index in [4.69, 9.17) is 103 Å². The standard InChI is InChI=1S/C68H125N7O36S6/c1-30-32(103-60(49(91)39(30)81)110-56-37(25-79)105-58(98-3)51(93)47(56)89)20-72-65(112)69-8-11-75(12-9-70-66(113)73-21-33-31(2)40(82)50(92)61(104-33)111-57-38(26-80)106-59(99-4)52(94)48(57)90)13-10-71-67(114)74-68(27-100-14-5-17-115-62-53(95)44(86)41(83)34(22-76)107-62,28-101-15-6-18-116-63-54(96)45(87)42(84)35(23-77)108-63)29-102-16-7-19-117-64-55(97)46(88)43(85)36(24-78)109-64/h30-64,76-97H,5-29H2,1-4H3,(H2,69,72,112)(H2,70,73,113)(H2,71,74,114)/t30?,31?,32?,33?,34?,35?,36?,37?,38?,39-,40-,41+,42+,43+,44-,45-,46-,47+,48+,49?,50?,51?,52?,53?,54?,55?,56?,57?,58-,59-,60+,61+,62-,63+,64+,68?/m0/s1. The summed E-state index contributed by atoms with van der Waals surface area (Å²) in [7, 11) is 2.47. The van der Waals surface area contributed by atoms with Gasteiger partial charge >= 0.3 is 0 Å². The minimum atomic E-state index is -1.66. The highest BCUT2D eigenvalue weighted by Crippen LogP contribution is 2.36. The number of thioether (sulfide) groups is 3. The number of hydrogen-bond acceptors (Lipinski definition) is 43. The average Bonchev–Trinajstić information content (AvgIpc) is 0.787. The van der Waals surface area contributed by atoms with Crippen molar-refractivity contribution >= 4 is 87.3 Å². The number of nitrogens with one attached hydrogen (secondary N) is 6. The summed E-state index contributed by atoms with van der Waals surface area (Å²) in [6.07, 6.45) is -41.6. The number of rotatable bonds is 46. The lowest BCUT2D eigenvalue weighted by molar-refractivity contribution is -0.351. The smallest absolute Gasteiger partial charge is 0.186 e. The molecule has 0 radical (unpaired) electrons. The maximum absolute atomic E-state index is 11.2. The molecular weight excluding hydrogens is 1680 g/mol. The lowest BCUT2D eigenvalue weighted by Gasteiger charge is -2.46. The Bertz CT molecular complexity index is 2630. The van der Waals surface area contributed by atoms with Crippen molar-refractivity contribution in [1.29, 1.82) is 0 Å². The van der Waals surface area contributed by atoms with Gasteiger partial charge < -0.3 is 211 Å². The van der Waals surface area contributed by atoms with Crippen molar-refractivity contribution in [3.8, 4) is 0 Å². The Morgan fingerprint density at radius 2 is 0.650 bits per heavy atom. The van der Waals surface area contributed by atoms with E-state index >= 15 is 0 Å². The van der Waals surface area contributed by atoms with Gasteiger partial charge in [0.1, 0.15) is 156 Å². The molecule has 28 N–H and O–H groups in total. The van der Waals surface area contributed by atoms with Crippen molar-refractivity contribution in [2.75, 3.05) is 157 Å². The first kappa shape index (κ1) is 103. The highest BCUT2D eigenvalue weighted by molar-refractivity contribution is 8.00. The summed E-state index contributed by atoms with van der Waals surface area (Å²) in [5, 5.41) is 251. The Kier molecular flexibility index (Phi) is 45.2. The third-order valence-electron chi connectivity index (χ3n) is 21.1. The molecule has 0 aliphatic carbocycles. The molecule has 684 valence electrons. The van der Waals surface area contributed by atoms with E-state index in [-0.39, 0.29) is 94.2 Å². The van der Waals surface area contributed by atoms with E-state index < -0.39 is 251 Å². The fourth-order valence-electron chi connectivity index (χ4n) is 13.8. The van der Waals surface area contributed by atoms with Crippen LogP contribution in [0.2, 0.25) is 0 Å². The highest BCUT2D eigenvalue weighted by atomic mass is 32.2. The lowest BCUT2D eigenvalue weighted by Crippen LogP contribution is -2.64. The molecular formula is C68H125N7O36S6. The van der Waals surface area contributed by atoms with Crippen LogP contribution in [-0.4, -0.2) is 495 Å². The molecule has 0 spiro atoms. The normalized spacial score (nSPS) is 40.0. The zero-order valence-corrected chi connectivity index (χ0v) is 70.2. The Morgan fingerprint density at radius 3 is 0.957 bits per heavy atom. The van der Waals surface area contributed by atoms with Gasteiger partial charge in [-0.05, 0) is 73.2 Å². The van der Waals surface area contributed by atoms with E-state index in [0.717, 1.165) is 35.3 Å². The van der Waals surface area contributed by atoms with Crippen molar-refractivity contribution in [3.05, 3.63) is 0 Å². The molecule has 49 heteroatoms. The van der Waals surface area contributed by atoms with Gasteiger partial charge in [0.2, 0.25) is 0 Å². The third kappa shape index (κ3) is 29.1. The summed E-state index contributed by atoms with van der Waals surface area (Å²) in [6.45, 7) is 1.34. The van der Waals surface area contributed by atoms with Crippen LogP contribution in [0.5, 0.6) is 0 Å². The first-order valence-electron chi connectivity index (χ1n) is 38.8. The fraction of sp³-hybridized carbons (Fsp3) is 0.956. The number of aliphatic hydroxyl groups is 22. The van der Waals surface area contributed by atoms with Crippen LogP contribution in [0.3, 0.4) is 0 Å². The summed E-state index contributed by atoms with van der Waals surface area (Å²) in [5.74, 6) is -0.482. The molecule has 117 heavy (non-hydrogen) atoms. The predicted octanol–water partition coefficient (Wildman–Crippen LogP) is -12.7. The molecule has 0 aromatic heterocycles. The maximum Gasteiger partial charge on any atom is 0.186 e. The monoisotopic (exact) mass is 1810 g/mol. The molecule has 0 aromatic rings. The second-order valence-electron chi connectivity index (χ2n) is 29.6. The average molecular weight is 1810 g/mol. The van der Waals surface area contributed by atoms with Crippen LogP contribution in [0.15, 0.2) is 0 Å². The van der Waals surface area contributed by atoms with E-state index in [2.05, 4.69) is 31.9 Å². The van der Waals surface area contributed by atoms with Crippen LogP contribution in [0.4, 0.5) is 0 Å². The van der Waals surface area contributed by atoms with Gasteiger partial charge in [-0.1, -0.05) is 13.8 Å². The number of ether oxygens (including phenoxy) is 14. The molecule has 7 saturated heterocycles. The Balaban J connectivity index is 1.04. The van der Waals surface area contributed by atoms with E-state index in [1.54, 1.807) is 13.8 Å². The number of hydrogen-bond donors (Lipinski definition) is 28. The van der Waals surface area contributed by atoms with E-state index in [1.165, 1.54) is 14.2 Å². The minimum Gasteiger partial charge on any atom is -0.394 e. The Morgan fingerprint density at radius 1 is 0.350 bits per heavy atom. The molecule has 0 aromatic carbocycles. The highest BCUT2D eigenvalue weighted by Gasteiger charge is 2.54. The molecule has 7 aliphatic rings. The fourth-order valence-corrected chi connectivity index (χ4v) is 17.8. The molecule has 7 aliphatic heterocycles. The Hall–Kier alpha value is -1.36. The van der Waals surface area contributed by atoms with Gasteiger partial charge in [-0.15, -0.1) is 35.3 Å². The summed E-state index contributed by atoms with van der Waals surface area (Å²) >= 11 is 20.9. The predicted molar refractivity (Wildman–Crippen MR) is 424 cm³/mol. The van der Waals surface area contributed by atoms with Crippen LogP contribution in [0.25, 0.3) is 0 Å². The minimum absolute atomic E-state index is 0.0346. The van der Waals surface area contributed by atoms with Crippen LogP contribution in [0, 0.1) is 11.8 Å². The summed E-state index contributed by atoms with van der Waals surface area (Å²) in [4.78, 5) is 2.01. The van der Waals surface area contributed by atoms with Gasteiger partial charge in [-0.3, -0.25) is 4.90 Å². The number of thiocarbonyl (C=S) groups is 3. The van der Waals surface area contributed by atoms with E-state index in [9.17, 15) is 112 Å². The summed E-state index contributed by atoms with van der Waals surface area (Å²) < 4.78 is 81.4.